The van der Waals surface area contributed by atoms with Crippen LogP contribution in [0.15, 0.2) is 27.7 Å². The summed E-state index contributed by atoms with van der Waals surface area (Å²) >= 11 is 2.84. The molecule has 0 radical (unpaired) electrons. The number of aromatic nitrogens is 3. The number of hydrogen-bond acceptors (Lipinski definition) is 6. The third kappa shape index (κ3) is 3.10. The molecular formula is C11H11N3OS2. The van der Waals surface area contributed by atoms with Crippen LogP contribution in [0.25, 0.3) is 0 Å². The Morgan fingerprint density at radius 2 is 2.29 bits per heavy atom. The molecule has 2 aromatic heterocycles. The maximum atomic E-state index is 11.1. The van der Waals surface area contributed by atoms with Crippen molar-refractivity contribution in [3.05, 3.63) is 29.7 Å². The number of rotatable bonds is 4. The molecule has 17 heavy (non-hydrogen) atoms. The van der Waals surface area contributed by atoms with Crippen LogP contribution < -0.4 is 0 Å². The summed E-state index contributed by atoms with van der Waals surface area (Å²) in [6, 6.07) is 3.61. The fourth-order valence-electron chi connectivity index (χ4n) is 1.16. The summed E-state index contributed by atoms with van der Waals surface area (Å²) in [6.45, 7) is 3.55. The average molecular weight is 265 g/mol. The van der Waals surface area contributed by atoms with Gasteiger partial charge in [-0.3, -0.25) is 4.79 Å². The smallest absolute Gasteiger partial charge is 0.176 e. The Kier molecular flexibility index (Phi) is 3.86. The van der Waals surface area contributed by atoms with E-state index in [1.165, 1.54) is 30.2 Å². The summed E-state index contributed by atoms with van der Waals surface area (Å²) in [4.78, 5) is 19.6. The molecule has 0 saturated heterocycles. The lowest BCUT2D eigenvalue weighted by Gasteiger charge is -1.97. The standard InChI is InChI=1S/C11H11N3OS2/c1-3-9-13-11(17-14-9)16-10-5-4-8(6-12-10)7(2)15/h4-6H,3H2,1-2H3. The van der Waals surface area contributed by atoms with Gasteiger partial charge in [-0.1, -0.05) is 6.92 Å². The van der Waals surface area contributed by atoms with Gasteiger partial charge in [-0.25, -0.2) is 9.97 Å². The average Bonchev–Trinajstić information content (AvgIpc) is 2.77. The van der Waals surface area contributed by atoms with Gasteiger partial charge in [0, 0.05) is 18.2 Å². The second kappa shape index (κ2) is 5.37. The van der Waals surface area contributed by atoms with Crippen molar-refractivity contribution >= 4 is 29.1 Å². The first-order chi connectivity index (χ1) is 8.19. The Balaban J connectivity index is 2.10. The minimum absolute atomic E-state index is 0.0261. The second-order valence-electron chi connectivity index (χ2n) is 3.37. The number of nitrogens with zero attached hydrogens (tertiary/aromatic N) is 3. The molecule has 0 aliphatic heterocycles. The molecule has 2 heterocycles. The van der Waals surface area contributed by atoms with Crippen LogP contribution in [-0.4, -0.2) is 20.1 Å². The van der Waals surface area contributed by atoms with Crippen molar-refractivity contribution in [1.29, 1.82) is 0 Å². The minimum atomic E-state index is 0.0261. The fourth-order valence-corrected chi connectivity index (χ4v) is 2.75. The quantitative estimate of drug-likeness (QED) is 0.796. The van der Waals surface area contributed by atoms with Crippen LogP contribution in [0.1, 0.15) is 30.0 Å². The highest BCUT2D eigenvalue weighted by molar-refractivity contribution is 8.00. The fraction of sp³-hybridized carbons (Fsp3) is 0.273. The molecule has 88 valence electrons. The largest absolute Gasteiger partial charge is 0.294 e. The van der Waals surface area contributed by atoms with E-state index < -0.39 is 0 Å². The lowest BCUT2D eigenvalue weighted by Crippen LogP contribution is -1.92. The number of carbonyl (C=O) groups is 1. The number of pyridine rings is 1. The van der Waals surface area contributed by atoms with E-state index in [1.807, 2.05) is 13.0 Å². The number of aryl methyl sites for hydroxylation is 1. The van der Waals surface area contributed by atoms with Crippen LogP contribution in [0.2, 0.25) is 0 Å². The molecule has 0 N–H and O–H groups in total. The van der Waals surface area contributed by atoms with Crippen molar-refractivity contribution < 1.29 is 4.79 Å². The van der Waals surface area contributed by atoms with Crippen LogP contribution in [-0.2, 0) is 6.42 Å². The van der Waals surface area contributed by atoms with Crippen LogP contribution in [0.5, 0.6) is 0 Å². The van der Waals surface area contributed by atoms with E-state index in [1.54, 1.807) is 12.3 Å². The van der Waals surface area contributed by atoms with Crippen molar-refractivity contribution in [1.82, 2.24) is 14.3 Å². The van der Waals surface area contributed by atoms with E-state index in [9.17, 15) is 4.79 Å². The van der Waals surface area contributed by atoms with Gasteiger partial charge in [0.15, 0.2) is 10.1 Å². The molecule has 0 atom stereocenters. The van der Waals surface area contributed by atoms with Gasteiger partial charge in [-0.15, -0.1) is 0 Å². The highest BCUT2D eigenvalue weighted by Crippen LogP contribution is 2.27. The Morgan fingerprint density at radius 3 is 2.82 bits per heavy atom. The van der Waals surface area contributed by atoms with Gasteiger partial charge < -0.3 is 0 Å². The highest BCUT2D eigenvalue weighted by Gasteiger charge is 2.06. The molecule has 0 spiro atoms. The van der Waals surface area contributed by atoms with Gasteiger partial charge in [0.1, 0.15) is 10.9 Å². The van der Waals surface area contributed by atoms with Crippen LogP contribution >= 0.6 is 23.3 Å². The van der Waals surface area contributed by atoms with E-state index >= 15 is 0 Å². The van der Waals surface area contributed by atoms with Crippen LogP contribution in [0.3, 0.4) is 0 Å². The van der Waals surface area contributed by atoms with Crippen LogP contribution in [0, 0.1) is 0 Å². The molecule has 0 saturated carbocycles. The molecule has 0 aliphatic rings. The minimum Gasteiger partial charge on any atom is -0.294 e. The number of carbonyl (C=O) groups excluding carboxylic acids is 1. The Bertz CT molecular complexity index is 522. The monoisotopic (exact) mass is 265 g/mol. The lowest BCUT2D eigenvalue weighted by molar-refractivity contribution is 0.101. The van der Waals surface area contributed by atoms with E-state index in [2.05, 4.69) is 14.3 Å². The molecule has 0 aliphatic carbocycles. The summed E-state index contributed by atoms with van der Waals surface area (Å²) in [5.41, 5.74) is 0.626. The van der Waals surface area contributed by atoms with E-state index in [0.29, 0.717) is 5.56 Å². The summed E-state index contributed by atoms with van der Waals surface area (Å²) in [6.07, 6.45) is 2.43. The summed E-state index contributed by atoms with van der Waals surface area (Å²) in [5.74, 6) is 0.885. The first-order valence-corrected chi connectivity index (χ1v) is 6.75. The van der Waals surface area contributed by atoms with Gasteiger partial charge >= 0.3 is 0 Å². The normalized spacial score (nSPS) is 10.5. The molecule has 4 nitrogen and oxygen atoms in total. The first-order valence-electron chi connectivity index (χ1n) is 5.16. The zero-order chi connectivity index (χ0) is 12.3. The van der Waals surface area contributed by atoms with Gasteiger partial charge in [-0.05, 0) is 42.4 Å². The molecule has 0 unspecified atom stereocenters. The topological polar surface area (TPSA) is 55.7 Å². The molecule has 0 aromatic carbocycles. The van der Waals surface area contributed by atoms with Crippen molar-refractivity contribution in [3.63, 3.8) is 0 Å². The zero-order valence-corrected chi connectivity index (χ0v) is 11.1. The lowest BCUT2D eigenvalue weighted by atomic mass is 10.2. The molecular weight excluding hydrogens is 254 g/mol. The first kappa shape index (κ1) is 12.2. The highest BCUT2D eigenvalue weighted by atomic mass is 32.2. The Morgan fingerprint density at radius 1 is 1.47 bits per heavy atom. The summed E-state index contributed by atoms with van der Waals surface area (Å²) < 4.78 is 5.08. The molecule has 6 heteroatoms. The third-order valence-corrected chi connectivity index (χ3v) is 3.84. The van der Waals surface area contributed by atoms with E-state index in [4.69, 9.17) is 0 Å². The van der Waals surface area contributed by atoms with E-state index in [-0.39, 0.29) is 5.78 Å². The number of ketones is 1. The second-order valence-corrected chi connectivity index (χ2v) is 5.39. The molecule has 2 rings (SSSR count). The molecule has 0 bridgehead atoms. The molecule has 0 amide bonds. The SMILES string of the molecule is CCc1nsc(Sc2ccc(C(C)=O)cn2)n1. The maximum Gasteiger partial charge on any atom is 0.176 e. The van der Waals surface area contributed by atoms with E-state index in [0.717, 1.165) is 21.6 Å². The molecule has 0 fully saturated rings. The van der Waals surface area contributed by atoms with Crippen molar-refractivity contribution in [2.45, 2.75) is 29.6 Å². The molecule has 2 aromatic rings. The number of Topliss-reactive ketones (excluding diaryl/α,β-unsaturated/α-hetero) is 1. The zero-order valence-electron chi connectivity index (χ0n) is 9.51. The summed E-state index contributed by atoms with van der Waals surface area (Å²) in [7, 11) is 0. The van der Waals surface area contributed by atoms with Crippen molar-refractivity contribution in [2.75, 3.05) is 0 Å². The Labute approximate surface area is 108 Å². The van der Waals surface area contributed by atoms with Gasteiger partial charge in [0.05, 0.1) is 0 Å². The van der Waals surface area contributed by atoms with Gasteiger partial charge in [0.25, 0.3) is 0 Å². The van der Waals surface area contributed by atoms with Crippen molar-refractivity contribution in [3.8, 4) is 0 Å². The Hall–Kier alpha value is -1.27. The summed E-state index contributed by atoms with van der Waals surface area (Å²) in [5, 5.41) is 0.828. The predicted molar refractivity (Wildman–Crippen MR) is 67.7 cm³/mol. The van der Waals surface area contributed by atoms with Crippen molar-refractivity contribution in [2.24, 2.45) is 0 Å². The third-order valence-electron chi connectivity index (χ3n) is 2.10. The maximum absolute atomic E-state index is 11.1. The van der Waals surface area contributed by atoms with Gasteiger partial charge in [-0.2, -0.15) is 4.37 Å². The van der Waals surface area contributed by atoms with Crippen LogP contribution in [0.4, 0.5) is 0 Å². The predicted octanol–water partition coefficient (Wildman–Crippen LogP) is 2.85. The van der Waals surface area contributed by atoms with Gasteiger partial charge in [0.2, 0.25) is 0 Å². The number of hydrogen-bond donors (Lipinski definition) is 0.